The van der Waals surface area contributed by atoms with E-state index >= 15 is 0 Å². The number of pyridine rings is 1. The van der Waals surface area contributed by atoms with Crippen LogP contribution in [-0.2, 0) is 0 Å². The van der Waals surface area contributed by atoms with Crippen LogP contribution in [0.25, 0.3) is 28.3 Å². The van der Waals surface area contributed by atoms with Crippen molar-refractivity contribution in [1.29, 1.82) is 5.26 Å². The number of benzene rings is 2. The Kier molecular flexibility index (Phi) is 7.47. The molecule has 214 valence electrons. The Labute approximate surface area is 246 Å². The number of piperazine rings is 1. The van der Waals surface area contributed by atoms with Crippen LogP contribution in [0.4, 0.5) is 22.1 Å². The third kappa shape index (κ3) is 6.03. The number of methoxy groups -OCH3 is 1. The van der Waals surface area contributed by atoms with Gasteiger partial charge in [0.25, 0.3) is 0 Å². The Morgan fingerprint density at radius 2 is 1.77 bits per heavy atom. The van der Waals surface area contributed by atoms with E-state index in [1.807, 2.05) is 42.5 Å². The normalized spacial score (nSPS) is 12.9. The number of rotatable bonds is 7. The van der Waals surface area contributed by atoms with Crippen molar-refractivity contribution in [3.63, 3.8) is 0 Å². The van der Waals surface area contributed by atoms with Gasteiger partial charge in [0.1, 0.15) is 6.33 Å². The van der Waals surface area contributed by atoms with E-state index in [9.17, 15) is 15.2 Å². The Morgan fingerprint density at radius 3 is 2.47 bits per heavy atom. The number of nitrogens with one attached hydrogen (secondary N) is 1. The summed E-state index contributed by atoms with van der Waals surface area (Å²) in [5.41, 5.74) is 5.15. The zero-order valence-corrected chi connectivity index (χ0v) is 23.1. The number of hydrogen-bond acceptors (Lipinski definition) is 10. The van der Waals surface area contributed by atoms with Crippen molar-refractivity contribution in [2.75, 3.05) is 43.5 Å². The minimum absolute atomic E-state index is 0.402. The molecule has 6 rings (SSSR count). The minimum Gasteiger partial charge on any atom is -0.481 e. The molecule has 13 nitrogen and oxygen atoms in total. The third-order valence-corrected chi connectivity index (χ3v) is 7.00. The molecule has 13 heteroatoms. The molecular weight excluding hydrogens is 548 g/mol. The summed E-state index contributed by atoms with van der Waals surface area (Å²) in [6.07, 6.45) is 4.05. The van der Waals surface area contributed by atoms with Crippen LogP contribution >= 0.6 is 0 Å². The van der Waals surface area contributed by atoms with Gasteiger partial charge in [-0.05, 0) is 54.6 Å². The number of carboxylic acid groups (broad SMARTS) is 1. The van der Waals surface area contributed by atoms with Crippen molar-refractivity contribution in [3.8, 4) is 40.3 Å². The molecular formula is C30H26N10O3. The first kappa shape index (κ1) is 27.2. The number of nitriles is 1. The average Bonchev–Trinajstić information content (AvgIpc) is 3.55. The molecule has 1 aliphatic rings. The first-order valence-corrected chi connectivity index (χ1v) is 13.4. The lowest BCUT2D eigenvalue weighted by molar-refractivity contribution is 0.142. The van der Waals surface area contributed by atoms with E-state index in [2.05, 4.69) is 41.3 Å². The molecule has 0 spiro atoms. The van der Waals surface area contributed by atoms with Gasteiger partial charge >= 0.3 is 6.09 Å². The quantitative estimate of drug-likeness (QED) is 0.287. The number of ether oxygens (including phenoxy) is 1. The summed E-state index contributed by atoms with van der Waals surface area (Å²) in [6, 6.07) is 20.8. The predicted octanol–water partition coefficient (Wildman–Crippen LogP) is 4.21. The summed E-state index contributed by atoms with van der Waals surface area (Å²) >= 11 is 0. The lowest BCUT2D eigenvalue weighted by Crippen LogP contribution is -2.48. The molecule has 0 unspecified atom stereocenters. The minimum atomic E-state index is -0.920. The van der Waals surface area contributed by atoms with E-state index in [1.54, 1.807) is 48.7 Å². The summed E-state index contributed by atoms with van der Waals surface area (Å²) < 4.78 is 6.79. The highest BCUT2D eigenvalue weighted by Crippen LogP contribution is 2.28. The molecule has 1 amide bonds. The van der Waals surface area contributed by atoms with Gasteiger partial charge in [-0.2, -0.15) is 5.26 Å². The van der Waals surface area contributed by atoms with Gasteiger partial charge in [-0.25, -0.2) is 29.4 Å². The SMILES string of the molecule is COc1ccc(-c2ncn(-c3ccc(Nc4nccc(-c5cc(C#N)cc(N6CCN(C(=O)O)CC6)c5)n4)cc3)n2)cn1. The van der Waals surface area contributed by atoms with Crippen LogP contribution in [0.1, 0.15) is 5.56 Å². The van der Waals surface area contributed by atoms with E-state index < -0.39 is 6.09 Å². The van der Waals surface area contributed by atoms with Crippen molar-refractivity contribution < 1.29 is 14.6 Å². The van der Waals surface area contributed by atoms with Crippen molar-refractivity contribution in [3.05, 3.63) is 84.9 Å². The molecule has 0 saturated carbocycles. The Hall–Kier alpha value is -6.03. The third-order valence-electron chi connectivity index (χ3n) is 7.00. The van der Waals surface area contributed by atoms with Crippen molar-refractivity contribution >= 4 is 23.4 Å². The number of nitrogens with zero attached hydrogens (tertiary/aromatic N) is 9. The van der Waals surface area contributed by atoms with Crippen LogP contribution in [0.3, 0.4) is 0 Å². The standard InChI is InChI=1S/C30H26N10O3/c1-43-27-7-2-21(18-33-27)28-34-19-40(37-28)24-5-3-23(4-6-24)35-29-32-9-8-26(36-29)22-14-20(17-31)15-25(16-22)38-10-12-39(13-11-38)30(41)42/h2-9,14-16,18-19H,10-13H2,1H3,(H,41,42)(H,32,35,36). The number of anilines is 3. The maximum atomic E-state index is 11.3. The molecule has 0 atom stereocenters. The summed E-state index contributed by atoms with van der Waals surface area (Å²) in [5, 5.41) is 26.7. The second-order valence-electron chi connectivity index (χ2n) is 9.68. The first-order valence-electron chi connectivity index (χ1n) is 13.4. The molecule has 43 heavy (non-hydrogen) atoms. The van der Waals surface area contributed by atoms with Gasteiger partial charge in [0, 0.05) is 67.1 Å². The van der Waals surface area contributed by atoms with Crippen LogP contribution in [-0.4, -0.2) is 79.1 Å². The van der Waals surface area contributed by atoms with Gasteiger partial charge in [0.05, 0.1) is 30.1 Å². The highest BCUT2D eigenvalue weighted by Gasteiger charge is 2.21. The van der Waals surface area contributed by atoms with Crippen molar-refractivity contribution in [2.24, 2.45) is 0 Å². The molecule has 3 aromatic heterocycles. The zero-order chi connectivity index (χ0) is 29.8. The molecule has 1 fully saturated rings. The van der Waals surface area contributed by atoms with Gasteiger partial charge in [-0.3, -0.25) is 0 Å². The van der Waals surface area contributed by atoms with E-state index in [-0.39, 0.29) is 0 Å². The van der Waals surface area contributed by atoms with E-state index in [0.717, 1.165) is 28.2 Å². The number of aromatic nitrogens is 6. The molecule has 2 N–H and O–H groups in total. The highest BCUT2D eigenvalue weighted by atomic mass is 16.5. The predicted molar refractivity (Wildman–Crippen MR) is 158 cm³/mol. The second-order valence-corrected chi connectivity index (χ2v) is 9.68. The lowest BCUT2D eigenvalue weighted by Gasteiger charge is -2.34. The van der Waals surface area contributed by atoms with Crippen LogP contribution in [0.2, 0.25) is 0 Å². The van der Waals surface area contributed by atoms with Crippen molar-refractivity contribution in [1.82, 2.24) is 34.6 Å². The second kappa shape index (κ2) is 11.8. The van der Waals surface area contributed by atoms with E-state index in [4.69, 9.17) is 4.74 Å². The van der Waals surface area contributed by atoms with Gasteiger partial charge < -0.3 is 25.0 Å². The van der Waals surface area contributed by atoms with Crippen molar-refractivity contribution in [2.45, 2.75) is 0 Å². The van der Waals surface area contributed by atoms with Gasteiger partial charge in [-0.1, -0.05) is 0 Å². The van der Waals surface area contributed by atoms with E-state index in [1.165, 1.54) is 4.90 Å². The molecule has 1 aliphatic heterocycles. The monoisotopic (exact) mass is 574 g/mol. The number of carbonyl (C=O) groups is 1. The molecule has 1 saturated heterocycles. The van der Waals surface area contributed by atoms with Gasteiger partial charge in [-0.15, -0.1) is 5.10 Å². The first-order chi connectivity index (χ1) is 21.0. The Bertz CT molecular complexity index is 1790. The van der Waals surface area contributed by atoms with Crippen LogP contribution in [0.15, 0.2) is 79.4 Å². The Balaban J connectivity index is 1.17. The largest absolute Gasteiger partial charge is 0.481 e. The van der Waals surface area contributed by atoms with Gasteiger partial charge in [0.15, 0.2) is 5.82 Å². The maximum Gasteiger partial charge on any atom is 0.407 e. The average molecular weight is 575 g/mol. The summed E-state index contributed by atoms with van der Waals surface area (Å²) in [4.78, 5) is 32.4. The fourth-order valence-corrected chi connectivity index (χ4v) is 4.72. The number of hydrogen-bond donors (Lipinski definition) is 2. The molecule has 2 aromatic carbocycles. The molecule has 5 aromatic rings. The van der Waals surface area contributed by atoms with E-state index in [0.29, 0.717) is 55.1 Å². The summed E-state index contributed by atoms with van der Waals surface area (Å²) in [5.74, 6) is 1.47. The van der Waals surface area contributed by atoms with Crippen LogP contribution < -0.4 is 15.0 Å². The molecule has 4 heterocycles. The van der Waals surface area contributed by atoms with Crippen LogP contribution in [0, 0.1) is 11.3 Å². The summed E-state index contributed by atoms with van der Waals surface area (Å²) in [6.45, 7) is 1.89. The van der Waals surface area contributed by atoms with Crippen LogP contribution in [0.5, 0.6) is 5.88 Å². The fraction of sp³-hybridized carbons (Fsp3) is 0.167. The maximum absolute atomic E-state index is 11.3. The summed E-state index contributed by atoms with van der Waals surface area (Å²) in [7, 11) is 1.57. The molecule has 0 aliphatic carbocycles. The lowest BCUT2D eigenvalue weighted by atomic mass is 10.1. The molecule has 0 radical (unpaired) electrons. The zero-order valence-electron chi connectivity index (χ0n) is 23.1. The highest BCUT2D eigenvalue weighted by molar-refractivity contribution is 5.71. The number of amides is 1. The topological polar surface area (TPSA) is 158 Å². The smallest absolute Gasteiger partial charge is 0.407 e. The Morgan fingerprint density at radius 1 is 0.953 bits per heavy atom. The fourth-order valence-electron chi connectivity index (χ4n) is 4.72. The molecule has 0 bridgehead atoms. The van der Waals surface area contributed by atoms with Gasteiger partial charge in [0.2, 0.25) is 11.8 Å².